The molecule has 1 unspecified atom stereocenters. The second kappa shape index (κ2) is 4.45. The van der Waals surface area contributed by atoms with E-state index in [1.54, 1.807) is 13.8 Å². The summed E-state index contributed by atoms with van der Waals surface area (Å²) in [6, 6.07) is 7.57. The van der Waals surface area contributed by atoms with Crippen molar-refractivity contribution in [3.8, 4) is 0 Å². The molecule has 1 atom stereocenters. The van der Waals surface area contributed by atoms with Gasteiger partial charge < -0.3 is 10.5 Å². The Kier molecular flexibility index (Phi) is 3.48. The molecule has 0 fully saturated rings. The van der Waals surface area contributed by atoms with Crippen LogP contribution >= 0.6 is 0 Å². The summed E-state index contributed by atoms with van der Waals surface area (Å²) in [5, 5.41) is 0. The van der Waals surface area contributed by atoms with E-state index >= 15 is 0 Å². The fourth-order valence-corrected chi connectivity index (χ4v) is 1.30. The summed E-state index contributed by atoms with van der Waals surface area (Å²) in [7, 11) is 0. The molecule has 0 aliphatic carbocycles. The van der Waals surface area contributed by atoms with Gasteiger partial charge in [-0.1, -0.05) is 29.8 Å². The van der Waals surface area contributed by atoms with E-state index in [-0.39, 0.29) is 0 Å². The van der Waals surface area contributed by atoms with Gasteiger partial charge in [-0.2, -0.15) is 0 Å². The van der Waals surface area contributed by atoms with Crippen LogP contribution in [0.2, 0.25) is 0 Å². The Morgan fingerprint density at radius 1 is 1.40 bits per heavy atom. The molecule has 1 aromatic rings. The second-order valence-electron chi connectivity index (χ2n) is 3.79. The normalized spacial score (nSPS) is 14.4. The lowest BCUT2D eigenvalue weighted by molar-refractivity contribution is -0.149. The lowest BCUT2D eigenvalue weighted by atomic mass is 9.93. The molecule has 1 aromatic carbocycles. The maximum atomic E-state index is 11.6. The molecule has 0 saturated carbocycles. The van der Waals surface area contributed by atoms with Gasteiger partial charge >= 0.3 is 5.97 Å². The van der Waals surface area contributed by atoms with Gasteiger partial charge in [0.05, 0.1) is 6.61 Å². The summed E-state index contributed by atoms with van der Waals surface area (Å²) >= 11 is 0. The van der Waals surface area contributed by atoms with Gasteiger partial charge in [0.25, 0.3) is 0 Å². The van der Waals surface area contributed by atoms with Crippen LogP contribution in [-0.4, -0.2) is 12.6 Å². The predicted octanol–water partition coefficient (Wildman–Crippen LogP) is 1.73. The topological polar surface area (TPSA) is 52.3 Å². The number of nitrogens with two attached hydrogens (primary N) is 1. The highest BCUT2D eigenvalue weighted by Gasteiger charge is 2.31. The number of carbonyl (C=O) groups excluding carboxylic acids is 1. The highest BCUT2D eigenvalue weighted by molar-refractivity contribution is 5.81. The zero-order valence-electron chi connectivity index (χ0n) is 9.41. The number of carbonyl (C=O) groups is 1. The Morgan fingerprint density at radius 3 is 2.40 bits per heavy atom. The molecule has 0 spiro atoms. The Hall–Kier alpha value is -1.35. The Labute approximate surface area is 90.2 Å². The lowest BCUT2D eigenvalue weighted by Gasteiger charge is -2.22. The molecule has 0 heterocycles. The summed E-state index contributed by atoms with van der Waals surface area (Å²) in [5.74, 6) is -0.395. The summed E-state index contributed by atoms with van der Waals surface area (Å²) < 4.78 is 4.93. The fraction of sp³-hybridized carbons (Fsp3) is 0.417. The molecule has 0 radical (unpaired) electrons. The molecule has 0 aliphatic rings. The lowest BCUT2D eigenvalue weighted by Crippen LogP contribution is -2.43. The maximum Gasteiger partial charge on any atom is 0.330 e. The van der Waals surface area contributed by atoms with E-state index in [0.717, 1.165) is 11.1 Å². The van der Waals surface area contributed by atoms with Gasteiger partial charge in [0.15, 0.2) is 0 Å². The number of ether oxygens (including phenoxy) is 1. The van der Waals surface area contributed by atoms with Crippen LogP contribution in [0.1, 0.15) is 25.0 Å². The Morgan fingerprint density at radius 2 is 1.93 bits per heavy atom. The van der Waals surface area contributed by atoms with Crippen LogP contribution in [0, 0.1) is 6.92 Å². The van der Waals surface area contributed by atoms with E-state index in [0.29, 0.717) is 6.61 Å². The zero-order valence-corrected chi connectivity index (χ0v) is 9.41. The molecule has 0 amide bonds. The highest BCUT2D eigenvalue weighted by Crippen LogP contribution is 2.19. The molecule has 0 aliphatic heterocycles. The summed E-state index contributed by atoms with van der Waals surface area (Å²) in [4.78, 5) is 11.6. The molecule has 1 rings (SSSR count). The SMILES string of the molecule is CCOC(=O)C(C)(N)c1ccc(C)cc1. The monoisotopic (exact) mass is 207 g/mol. The predicted molar refractivity (Wildman–Crippen MR) is 59.4 cm³/mol. The minimum atomic E-state index is -1.07. The van der Waals surface area contributed by atoms with E-state index in [2.05, 4.69) is 0 Å². The van der Waals surface area contributed by atoms with Crippen molar-refractivity contribution in [2.24, 2.45) is 5.73 Å². The molecule has 3 heteroatoms. The average molecular weight is 207 g/mol. The van der Waals surface area contributed by atoms with Crippen molar-refractivity contribution in [3.63, 3.8) is 0 Å². The second-order valence-corrected chi connectivity index (χ2v) is 3.79. The average Bonchev–Trinajstić information content (AvgIpc) is 2.18. The standard InChI is InChI=1S/C12H17NO2/c1-4-15-11(14)12(3,13)10-7-5-9(2)6-8-10/h5-8H,4,13H2,1-3H3. The minimum absolute atomic E-state index is 0.345. The molecular formula is C12H17NO2. The van der Waals surface area contributed by atoms with Crippen molar-refractivity contribution in [1.82, 2.24) is 0 Å². The van der Waals surface area contributed by atoms with E-state index < -0.39 is 11.5 Å². The van der Waals surface area contributed by atoms with Crippen molar-refractivity contribution in [2.45, 2.75) is 26.3 Å². The quantitative estimate of drug-likeness (QED) is 0.768. The first-order valence-corrected chi connectivity index (χ1v) is 5.01. The van der Waals surface area contributed by atoms with Gasteiger partial charge in [0, 0.05) is 0 Å². The molecule has 0 aromatic heterocycles. The first-order chi connectivity index (χ1) is 6.98. The molecular weight excluding hydrogens is 190 g/mol. The number of aryl methyl sites for hydroxylation is 1. The molecule has 15 heavy (non-hydrogen) atoms. The third-order valence-corrected chi connectivity index (χ3v) is 2.35. The fourth-order valence-electron chi connectivity index (χ4n) is 1.30. The summed E-state index contributed by atoms with van der Waals surface area (Å²) in [5.41, 5.74) is 6.78. The van der Waals surface area contributed by atoms with Crippen LogP contribution in [0.4, 0.5) is 0 Å². The van der Waals surface area contributed by atoms with Gasteiger partial charge in [-0.3, -0.25) is 0 Å². The van der Waals surface area contributed by atoms with Crippen LogP contribution in [0.15, 0.2) is 24.3 Å². The summed E-state index contributed by atoms with van der Waals surface area (Å²) in [6.45, 7) is 5.76. The number of benzene rings is 1. The number of esters is 1. The van der Waals surface area contributed by atoms with Crippen LogP contribution in [0.25, 0.3) is 0 Å². The Bertz CT molecular complexity index is 341. The van der Waals surface area contributed by atoms with Crippen LogP contribution in [0.5, 0.6) is 0 Å². The van der Waals surface area contributed by atoms with Gasteiger partial charge in [0.1, 0.15) is 5.54 Å². The number of rotatable bonds is 3. The van der Waals surface area contributed by atoms with Crippen molar-refractivity contribution >= 4 is 5.97 Å². The van der Waals surface area contributed by atoms with Crippen LogP contribution in [0.3, 0.4) is 0 Å². The molecule has 2 N–H and O–H groups in total. The first kappa shape index (κ1) is 11.7. The third-order valence-electron chi connectivity index (χ3n) is 2.35. The van der Waals surface area contributed by atoms with E-state index in [1.807, 2.05) is 31.2 Å². The molecule has 82 valence electrons. The number of hydrogen-bond acceptors (Lipinski definition) is 3. The molecule has 0 bridgehead atoms. The maximum absolute atomic E-state index is 11.6. The smallest absolute Gasteiger partial charge is 0.330 e. The highest BCUT2D eigenvalue weighted by atomic mass is 16.5. The van der Waals surface area contributed by atoms with Gasteiger partial charge in [-0.15, -0.1) is 0 Å². The number of hydrogen-bond donors (Lipinski definition) is 1. The van der Waals surface area contributed by atoms with Crippen molar-refractivity contribution in [2.75, 3.05) is 6.61 Å². The molecule has 3 nitrogen and oxygen atoms in total. The van der Waals surface area contributed by atoms with Crippen LogP contribution in [-0.2, 0) is 15.1 Å². The largest absolute Gasteiger partial charge is 0.464 e. The van der Waals surface area contributed by atoms with Crippen LogP contribution < -0.4 is 5.73 Å². The molecule has 0 saturated heterocycles. The first-order valence-electron chi connectivity index (χ1n) is 5.01. The van der Waals surface area contributed by atoms with E-state index in [4.69, 9.17) is 10.5 Å². The van der Waals surface area contributed by atoms with Crippen molar-refractivity contribution in [1.29, 1.82) is 0 Å². The minimum Gasteiger partial charge on any atom is -0.464 e. The van der Waals surface area contributed by atoms with Gasteiger partial charge in [-0.25, -0.2) is 4.79 Å². The van der Waals surface area contributed by atoms with Gasteiger partial charge in [0.2, 0.25) is 0 Å². The van der Waals surface area contributed by atoms with E-state index in [9.17, 15) is 4.79 Å². The zero-order chi connectivity index (χ0) is 11.5. The third kappa shape index (κ3) is 2.57. The van der Waals surface area contributed by atoms with Gasteiger partial charge in [-0.05, 0) is 26.3 Å². The Balaban J connectivity index is 2.94. The van der Waals surface area contributed by atoms with Crippen molar-refractivity contribution < 1.29 is 9.53 Å². The van der Waals surface area contributed by atoms with Crippen molar-refractivity contribution in [3.05, 3.63) is 35.4 Å². The van der Waals surface area contributed by atoms with E-state index in [1.165, 1.54) is 0 Å². The summed E-state index contributed by atoms with van der Waals surface area (Å²) in [6.07, 6.45) is 0.